The maximum absolute atomic E-state index is 5.84. The van der Waals surface area contributed by atoms with Crippen molar-refractivity contribution >= 4 is 17.3 Å². The maximum Gasteiger partial charge on any atom is 0.0482 e. The van der Waals surface area contributed by atoms with E-state index in [2.05, 4.69) is 5.32 Å². The van der Waals surface area contributed by atoms with Crippen LogP contribution >= 0.6 is 11.6 Å². The quantitative estimate of drug-likeness (QED) is 0.733. The Kier molecular flexibility index (Phi) is 5.42. The summed E-state index contributed by atoms with van der Waals surface area (Å²) < 4.78 is 5.23. The molecule has 0 bridgehead atoms. The van der Waals surface area contributed by atoms with E-state index < -0.39 is 0 Å². The van der Waals surface area contributed by atoms with Crippen molar-refractivity contribution < 1.29 is 4.74 Å². The first kappa shape index (κ1) is 11.3. The van der Waals surface area contributed by atoms with Crippen molar-refractivity contribution in [2.24, 2.45) is 0 Å². The molecule has 0 spiro atoms. The minimum Gasteiger partial charge on any atom is -0.385 e. The second-order valence-electron chi connectivity index (χ2n) is 2.99. The molecule has 1 N–H and O–H groups in total. The van der Waals surface area contributed by atoms with E-state index in [4.69, 9.17) is 16.3 Å². The topological polar surface area (TPSA) is 21.3 Å². The molecule has 0 unspecified atom stereocenters. The molecule has 2 nitrogen and oxygen atoms in total. The molecule has 1 rings (SSSR count). The summed E-state index contributed by atoms with van der Waals surface area (Å²) in [5, 5.41) is 4.04. The first-order valence-electron chi connectivity index (χ1n) is 4.90. The van der Waals surface area contributed by atoms with Crippen LogP contribution in [0.1, 0.15) is 13.3 Å². The van der Waals surface area contributed by atoms with E-state index in [-0.39, 0.29) is 0 Å². The monoisotopic (exact) mass is 213 g/mol. The molecule has 1 aromatic carbocycles. The van der Waals surface area contributed by atoms with Crippen LogP contribution in [0.25, 0.3) is 0 Å². The molecule has 0 aromatic heterocycles. The summed E-state index contributed by atoms with van der Waals surface area (Å²) in [4.78, 5) is 0. The number of hydrogen-bond acceptors (Lipinski definition) is 2. The molecule has 0 aliphatic rings. The predicted octanol–water partition coefficient (Wildman–Crippen LogP) is 3.18. The molecular formula is C11H16ClNO. The predicted molar refractivity (Wildman–Crippen MR) is 61.1 cm³/mol. The van der Waals surface area contributed by atoms with Crippen molar-refractivity contribution in [1.29, 1.82) is 0 Å². The standard InChI is InChI=1S/C11H16ClNO/c1-2-14-8-4-7-13-11-6-3-5-10(12)9-11/h3,5-6,9,13H,2,4,7-8H2,1H3. The first-order valence-corrected chi connectivity index (χ1v) is 5.28. The third kappa shape index (κ3) is 4.49. The normalized spacial score (nSPS) is 10.1. The minimum absolute atomic E-state index is 0.764. The smallest absolute Gasteiger partial charge is 0.0482 e. The maximum atomic E-state index is 5.84. The van der Waals surface area contributed by atoms with E-state index in [1.165, 1.54) is 0 Å². The van der Waals surface area contributed by atoms with Crippen LogP contribution in [0.4, 0.5) is 5.69 Å². The van der Waals surface area contributed by atoms with Gasteiger partial charge in [0.2, 0.25) is 0 Å². The van der Waals surface area contributed by atoms with Crippen LogP contribution in [-0.4, -0.2) is 19.8 Å². The number of benzene rings is 1. The third-order valence-corrected chi connectivity index (χ3v) is 2.06. The fraction of sp³-hybridized carbons (Fsp3) is 0.455. The van der Waals surface area contributed by atoms with Crippen molar-refractivity contribution in [3.63, 3.8) is 0 Å². The van der Waals surface area contributed by atoms with Gasteiger partial charge in [-0.25, -0.2) is 0 Å². The van der Waals surface area contributed by atoms with Gasteiger partial charge in [0.25, 0.3) is 0 Å². The summed E-state index contributed by atoms with van der Waals surface area (Å²) in [5.74, 6) is 0. The SMILES string of the molecule is CCOCCCNc1cccc(Cl)c1. The van der Waals surface area contributed by atoms with Gasteiger partial charge in [-0.15, -0.1) is 0 Å². The molecule has 0 heterocycles. The van der Waals surface area contributed by atoms with Crippen molar-refractivity contribution in [1.82, 2.24) is 0 Å². The zero-order valence-electron chi connectivity index (χ0n) is 8.42. The summed E-state index contributed by atoms with van der Waals surface area (Å²) in [6.45, 7) is 4.52. The van der Waals surface area contributed by atoms with E-state index >= 15 is 0 Å². The fourth-order valence-corrected chi connectivity index (χ4v) is 1.34. The van der Waals surface area contributed by atoms with Crippen LogP contribution in [0, 0.1) is 0 Å². The number of ether oxygens (including phenoxy) is 1. The Hall–Kier alpha value is -0.730. The van der Waals surface area contributed by atoms with Gasteiger partial charge in [0.1, 0.15) is 0 Å². The third-order valence-electron chi connectivity index (χ3n) is 1.82. The molecule has 0 aliphatic carbocycles. The van der Waals surface area contributed by atoms with Crippen molar-refractivity contribution in [2.45, 2.75) is 13.3 Å². The van der Waals surface area contributed by atoms with E-state index in [1.54, 1.807) is 0 Å². The molecule has 1 aromatic rings. The fourth-order valence-electron chi connectivity index (χ4n) is 1.15. The summed E-state index contributed by atoms with van der Waals surface area (Å²) in [7, 11) is 0. The number of nitrogens with one attached hydrogen (secondary N) is 1. The molecule has 0 radical (unpaired) electrons. The molecule has 3 heteroatoms. The molecule has 78 valence electrons. The molecule has 0 fully saturated rings. The first-order chi connectivity index (χ1) is 6.83. The molecule has 14 heavy (non-hydrogen) atoms. The van der Waals surface area contributed by atoms with Crippen LogP contribution in [0.3, 0.4) is 0 Å². The average molecular weight is 214 g/mol. The zero-order valence-corrected chi connectivity index (χ0v) is 9.18. The van der Waals surface area contributed by atoms with Gasteiger partial charge in [-0.2, -0.15) is 0 Å². The number of halogens is 1. The van der Waals surface area contributed by atoms with E-state index in [0.717, 1.165) is 36.9 Å². The largest absolute Gasteiger partial charge is 0.385 e. The lowest BCUT2D eigenvalue weighted by molar-refractivity contribution is 0.147. The van der Waals surface area contributed by atoms with Gasteiger partial charge in [-0.3, -0.25) is 0 Å². The molecular weight excluding hydrogens is 198 g/mol. The highest BCUT2D eigenvalue weighted by atomic mass is 35.5. The summed E-state index contributed by atoms with van der Waals surface area (Å²) >= 11 is 5.84. The lowest BCUT2D eigenvalue weighted by Gasteiger charge is -2.06. The van der Waals surface area contributed by atoms with E-state index in [9.17, 15) is 0 Å². The van der Waals surface area contributed by atoms with Gasteiger partial charge in [0, 0.05) is 30.5 Å². The molecule has 0 saturated carbocycles. The van der Waals surface area contributed by atoms with Crippen LogP contribution in [0.5, 0.6) is 0 Å². The van der Waals surface area contributed by atoms with Gasteiger partial charge in [-0.1, -0.05) is 17.7 Å². The number of rotatable bonds is 6. The second-order valence-corrected chi connectivity index (χ2v) is 3.42. The Morgan fingerprint density at radius 1 is 1.43 bits per heavy atom. The highest BCUT2D eigenvalue weighted by molar-refractivity contribution is 6.30. The highest BCUT2D eigenvalue weighted by Crippen LogP contribution is 2.14. The van der Waals surface area contributed by atoms with Crippen molar-refractivity contribution in [3.8, 4) is 0 Å². The van der Waals surface area contributed by atoms with Crippen molar-refractivity contribution in [3.05, 3.63) is 29.3 Å². The Morgan fingerprint density at radius 3 is 3.00 bits per heavy atom. The van der Waals surface area contributed by atoms with Gasteiger partial charge >= 0.3 is 0 Å². The lowest BCUT2D eigenvalue weighted by atomic mass is 10.3. The average Bonchev–Trinajstić information content (AvgIpc) is 2.18. The minimum atomic E-state index is 0.764. The Labute approximate surface area is 90.2 Å². The van der Waals surface area contributed by atoms with Crippen molar-refractivity contribution in [2.75, 3.05) is 25.1 Å². The highest BCUT2D eigenvalue weighted by Gasteiger charge is 1.92. The molecule has 0 atom stereocenters. The van der Waals surface area contributed by atoms with Crippen LogP contribution in [0.2, 0.25) is 5.02 Å². The Bertz CT molecular complexity index is 265. The Balaban J connectivity index is 2.18. The van der Waals surface area contributed by atoms with Gasteiger partial charge in [-0.05, 0) is 31.5 Å². The van der Waals surface area contributed by atoms with Gasteiger partial charge in [0.05, 0.1) is 0 Å². The summed E-state index contributed by atoms with van der Waals surface area (Å²) in [6, 6.07) is 7.73. The lowest BCUT2D eigenvalue weighted by Crippen LogP contribution is -2.05. The zero-order chi connectivity index (χ0) is 10.2. The Morgan fingerprint density at radius 2 is 2.29 bits per heavy atom. The van der Waals surface area contributed by atoms with Gasteiger partial charge in [0.15, 0.2) is 0 Å². The summed E-state index contributed by atoms with van der Waals surface area (Å²) in [6.07, 6.45) is 1.01. The number of hydrogen-bond donors (Lipinski definition) is 1. The van der Waals surface area contributed by atoms with Gasteiger partial charge < -0.3 is 10.1 Å². The van der Waals surface area contributed by atoms with Crippen LogP contribution in [-0.2, 0) is 4.74 Å². The molecule has 0 aliphatic heterocycles. The molecule has 0 amide bonds. The van der Waals surface area contributed by atoms with Crippen LogP contribution < -0.4 is 5.32 Å². The van der Waals surface area contributed by atoms with E-state index in [0.29, 0.717) is 0 Å². The molecule has 0 saturated heterocycles. The second kappa shape index (κ2) is 6.68. The van der Waals surface area contributed by atoms with E-state index in [1.807, 2.05) is 31.2 Å². The number of anilines is 1. The summed E-state index contributed by atoms with van der Waals surface area (Å²) in [5.41, 5.74) is 1.06. The van der Waals surface area contributed by atoms with Crippen LogP contribution in [0.15, 0.2) is 24.3 Å².